The molecular weight excluding hydrogens is 264 g/mol. The Morgan fingerprint density at radius 3 is 1.17 bits per heavy atom. The Bertz CT molecular complexity index is 310. The summed E-state index contributed by atoms with van der Waals surface area (Å²) in [6.07, 6.45) is 0. The van der Waals surface area contributed by atoms with Crippen molar-refractivity contribution in [1.29, 1.82) is 0 Å². The van der Waals surface area contributed by atoms with Gasteiger partial charge in [-0.2, -0.15) is 0 Å². The minimum absolute atomic E-state index is 0.227. The van der Waals surface area contributed by atoms with Crippen LogP contribution >= 0.6 is 24.4 Å². The fraction of sp³-hybridized carbons (Fsp3) is 0.833. The van der Waals surface area contributed by atoms with Gasteiger partial charge in [0.05, 0.1) is 21.1 Å². The molecule has 0 aliphatic carbocycles. The lowest BCUT2D eigenvalue weighted by molar-refractivity contribution is 0.0535. The average molecular weight is 288 g/mol. The highest BCUT2D eigenvalue weighted by Crippen LogP contribution is 2.22. The minimum Gasteiger partial charge on any atom is -0.392 e. The lowest BCUT2D eigenvalue weighted by Crippen LogP contribution is -2.64. The van der Waals surface area contributed by atoms with Gasteiger partial charge in [-0.25, -0.2) is 0 Å². The van der Waals surface area contributed by atoms with Crippen LogP contribution in [0.3, 0.4) is 0 Å². The summed E-state index contributed by atoms with van der Waals surface area (Å²) in [6.45, 7) is 12.0. The molecule has 0 spiro atoms. The van der Waals surface area contributed by atoms with E-state index in [2.05, 4.69) is 37.5 Å². The molecule has 1 aliphatic rings. The summed E-state index contributed by atoms with van der Waals surface area (Å²) in [7, 11) is 0. The van der Waals surface area contributed by atoms with E-state index in [0.717, 1.165) is 26.2 Å². The number of hydrogen-bond acceptors (Lipinski definition) is 4. The molecule has 0 aromatic rings. The van der Waals surface area contributed by atoms with Crippen LogP contribution in [0.5, 0.6) is 0 Å². The molecule has 0 saturated carbocycles. The predicted molar refractivity (Wildman–Crippen MR) is 84.9 cm³/mol. The third kappa shape index (κ3) is 2.99. The molecule has 0 unspecified atom stereocenters. The quantitative estimate of drug-likeness (QED) is 0.744. The smallest absolute Gasteiger partial charge is 0.0928 e. The maximum atomic E-state index is 5.81. The molecule has 1 heterocycles. The molecule has 4 N–H and O–H groups in total. The molecule has 1 aliphatic heterocycles. The zero-order valence-corrected chi connectivity index (χ0v) is 13.3. The summed E-state index contributed by atoms with van der Waals surface area (Å²) in [5.74, 6) is 0. The van der Waals surface area contributed by atoms with Crippen LogP contribution in [0.15, 0.2) is 0 Å². The first-order chi connectivity index (χ1) is 8.10. The first-order valence-corrected chi connectivity index (χ1v) is 7.01. The molecule has 104 valence electrons. The molecule has 0 bridgehead atoms. The van der Waals surface area contributed by atoms with Gasteiger partial charge in [0.2, 0.25) is 0 Å². The highest BCUT2D eigenvalue weighted by Gasteiger charge is 2.37. The van der Waals surface area contributed by atoms with Crippen molar-refractivity contribution in [1.82, 2.24) is 9.80 Å². The second kappa shape index (κ2) is 5.36. The molecule has 0 amide bonds. The van der Waals surface area contributed by atoms with E-state index >= 15 is 0 Å². The van der Waals surface area contributed by atoms with Crippen LogP contribution in [-0.4, -0.2) is 57.0 Å². The zero-order valence-electron chi connectivity index (χ0n) is 11.7. The second-order valence-electron chi connectivity index (χ2n) is 5.82. The van der Waals surface area contributed by atoms with Crippen molar-refractivity contribution < 1.29 is 0 Å². The summed E-state index contributed by atoms with van der Waals surface area (Å²) in [4.78, 5) is 5.73. The number of thiocarbonyl (C=S) groups is 2. The number of rotatable bonds is 4. The fourth-order valence-corrected chi connectivity index (χ4v) is 2.39. The Hall–Kier alpha value is -0.300. The number of nitrogens with two attached hydrogens (primary N) is 2. The van der Waals surface area contributed by atoms with Crippen molar-refractivity contribution in [2.45, 2.75) is 38.8 Å². The van der Waals surface area contributed by atoms with Crippen LogP contribution in [0.1, 0.15) is 27.7 Å². The van der Waals surface area contributed by atoms with E-state index < -0.39 is 0 Å². The molecule has 1 rings (SSSR count). The van der Waals surface area contributed by atoms with E-state index in [0.29, 0.717) is 9.98 Å². The Kier molecular flexibility index (Phi) is 4.70. The summed E-state index contributed by atoms with van der Waals surface area (Å²) in [5.41, 5.74) is 11.2. The van der Waals surface area contributed by atoms with Gasteiger partial charge in [0.15, 0.2) is 0 Å². The number of piperazine rings is 1. The van der Waals surface area contributed by atoms with Gasteiger partial charge < -0.3 is 11.5 Å². The third-order valence-electron chi connectivity index (χ3n) is 4.07. The van der Waals surface area contributed by atoms with Gasteiger partial charge in [0.1, 0.15) is 0 Å². The topological polar surface area (TPSA) is 58.5 Å². The SMILES string of the molecule is CC(C)(C(N)=S)N1CCN(C(C)(C)C(N)=S)CC1. The molecule has 1 saturated heterocycles. The first-order valence-electron chi connectivity index (χ1n) is 6.20. The van der Waals surface area contributed by atoms with Crippen LogP contribution in [0.2, 0.25) is 0 Å². The molecule has 0 atom stereocenters. The van der Waals surface area contributed by atoms with Crippen LogP contribution < -0.4 is 11.5 Å². The Morgan fingerprint density at radius 2 is 1.00 bits per heavy atom. The van der Waals surface area contributed by atoms with E-state index in [4.69, 9.17) is 35.9 Å². The zero-order chi connectivity index (χ0) is 14.1. The van der Waals surface area contributed by atoms with Crippen molar-refractivity contribution in [3.63, 3.8) is 0 Å². The lowest BCUT2D eigenvalue weighted by atomic mass is 9.98. The van der Waals surface area contributed by atoms with E-state index in [-0.39, 0.29) is 11.1 Å². The third-order valence-corrected chi connectivity index (χ3v) is 5.07. The van der Waals surface area contributed by atoms with Crippen molar-refractivity contribution in [3.8, 4) is 0 Å². The van der Waals surface area contributed by atoms with Gasteiger partial charge in [0.25, 0.3) is 0 Å². The normalized spacial score (nSPS) is 19.8. The van der Waals surface area contributed by atoms with E-state index in [1.54, 1.807) is 0 Å². The van der Waals surface area contributed by atoms with Gasteiger partial charge >= 0.3 is 0 Å². The molecule has 1 fully saturated rings. The largest absolute Gasteiger partial charge is 0.392 e. The molecule has 18 heavy (non-hydrogen) atoms. The highest BCUT2D eigenvalue weighted by atomic mass is 32.1. The number of hydrogen-bond donors (Lipinski definition) is 2. The van der Waals surface area contributed by atoms with Gasteiger partial charge in [-0.15, -0.1) is 0 Å². The van der Waals surface area contributed by atoms with Crippen molar-refractivity contribution >= 4 is 34.4 Å². The van der Waals surface area contributed by atoms with Crippen LogP contribution in [-0.2, 0) is 0 Å². The summed E-state index contributed by atoms with van der Waals surface area (Å²) >= 11 is 10.3. The van der Waals surface area contributed by atoms with Crippen LogP contribution in [0, 0.1) is 0 Å². The monoisotopic (exact) mass is 288 g/mol. The molecule has 0 aromatic heterocycles. The number of nitrogens with zero attached hydrogens (tertiary/aromatic N) is 2. The standard InChI is InChI=1S/C12H24N4S2/c1-11(2,9(13)17)15-5-7-16(8-6-15)12(3,4)10(14)18/h5-8H2,1-4H3,(H2,13,17)(H2,14,18). The lowest BCUT2D eigenvalue weighted by Gasteiger charge is -2.47. The second-order valence-corrected chi connectivity index (χ2v) is 6.70. The molecular formula is C12H24N4S2. The summed E-state index contributed by atoms with van der Waals surface area (Å²) < 4.78 is 0. The Balaban J connectivity index is 2.67. The van der Waals surface area contributed by atoms with E-state index in [1.165, 1.54) is 0 Å². The van der Waals surface area contributed by atoms with Gasteiger partial charge in [-0.05, 0) is 27.7 Å². The van der Waals surface area contributed by atoms with Gasteiger partial charge in [-0.3, -0.25) is 9.80 Å². The van der Waals surface area contributed by atoms with Crippen molar-refractivity contribution in [2.75, 3.05) is 26.2 Å². The molecule has 0 radical (unpaired) electrons. The maximum Gasteiger partial charge on any atom is 0.0928 e. The van der Waals surface area contributed by atoms with Crippen LogP contribution in [0.4, 0.5) is 0 Å². The highest BCUT2D eigenvalue weighted by molar-refractivity contribution is 7.80. The Morgan fingerprint density at radius 1 is 0.778 bits per heavy atom. The van der Waals surface area contributed by atoms with Crippen molar-refractivity contribution in [2.24, 2.45) is 11.5 Å². The van der Waals surface area contributed by atoms with Crippen LogP contribution in [0.25, 0.3) is 0 Å². The van der Waals surface area contributed by atoms with Gasteiger partial charge in [0, 0.05) is 26.2 Å². The van der Waals surface area contributed by atoms with Gasteiger partial charge in [-0.1, -0.05) is 24.4 Å². The van der Waals surface area contributed by atoms with E-state index in [1.807, 2.05) is 0 Å². The predicted octanol–water partition coefficient (Wildman–Crippen LogP) is 0.733. The fourth-order valence-electron chi connectivity index (χ4n) is 2.14. The summed E-state index contributed by atoms with van der Waals surface area (Å²) in [5, 5.41) is 0. The average Bonchev–Trinajstić information content (AvgIpc) is 2.28. The van der Waals surface area contributed by atoms with E-state index in [9.17, 15) is 0 Å². The van der Waals surface area contributed by atoms with Crippen molar-refractivity contribution in [3.05, 3.63) is 0 Å². The molecule has 0 aromatic carbocycles. The molecule has 6 heteroatoms. The Labute approximate surface area is 121 Å². The minimum atomic E-state index is -0.227. The first kappa shape index (κ1) is 15.8. The molecule has 4 nitrogen and oxygen atoms in total. The summed E-state index contributed by atoms with van der Waals surface area (Å²) in [6, 6.07) is 0. The maximum absolute atomic E-state index is 5.81.